The Kier molecular flexibility index (Phi) is 8.37. The van der Waals surface area contributed by atoms with Gasteiger partial charge in [-0.2, -0.15) is 11.8 Å². The molecule has 3 heteroatoms. The largest absolute Gasteiger partial charge is 0.494 e. The maximum Gasteiger partial charge on any atom is 0.120 e. The fraction of sp³-hybridized carbons (Fsp3) is 0.478. The van der Waals surface area contributed by atoms with Crippen LogP contribution in [0.2, 0.25) is 0 Å². The van der Waals surface area contributed by atoms with Gasteiger partial charge < -0.3 is 9.47 Å². The lowest BCUT2D eigenvalue weighted by atomic mass is 10.1. The Hall–Kier alpha value is -1.61. The molecule has 0 bridgehead atoms. The highest BCUT2D eigenvalue weighted by Crippen LogP contribution is 2.20. The first kappa shape index (κ1) is 20.7. The van der Waals surface area contributed by atoms with Gasteiger partial charge in [-0.3, -0.25) is 0 Å². The van der Waals surface area contributed by atoms with Crippen molar-refractivity contribution in [2.75, 3.05) is 12.9 Å². The zero-order valence-corrected chi connectivity index (χ0v) is 17.4. The Morgan fingerprint density at radius 2 is 1.62 bits per heavy atom. The molecule has 142 valence electrons. The van der Waals surface area contributed by atoms with Crippen LogP contribution < -0.4 is 9.47 Å². The van der Waals surface area contributed by atoms with E-state index >= 15 is 0 Å². The topological polar surface area (TPSA) is 18.5 Å². The first-order valence-corrected chi connectivity index (χ1v) is 10.8. The SMILES string of the molecule is CSCc1ccc(OCCCCCc2cccc(OC(C)(C)C)c2)cc1. The third-order valence-corrected chi connectivity index (χ3v) is 4.56. The van der Waals surface area contributed by atoms with E-state index < -0.39 is 0 Å². The number of thioether (sulfide) groups is 1. The van der Waals surface area contributed by atoms with Crippen molar-refractivity contribution in [3.05, 3.63) is 59.7 Å². The average Bonchev–Trinajstić information content (AvgIpc) is 2.58. The second-order valence-electron chi connectivity index (χ2n) is 7.60. The molecule has 0 fully saturated rings. The van der Waals surface area contributed by atoms with Crippen molar-refractivity contribution in [1.82, 2.24) is 0 Å². The fourth-order valence-electron chi connectivity index (χ4n) is 2.76. The van der Waals surface area contributed by atoms with E-state index in [2.05, 4.69) is 69.5 Å². The molecule has 0 radical (unpaired) electrons. The molecule has 0 saturated heterocycles. The molecule has 2 aromatic carbocycles. The van der Waals surface area contributed by atoms with Crippen molar-refractivity contribution >= 4 is 11.8 Å². The minimum absolute atomic E-state index is 0.149. The fourth-order valence-corrected chi connectivity index (χ4v) is 3.29. The predicted molar refractivity (Wildman–Crippen MR) is 114 cm³/mol. The summed E-state index contributed by atoms with van der Waals surface area (Å²) >= 11 is 1.84. The molecule has 2 aromatic rings. The van der Waals surface area contributed by atoms with Crippen LogP contribution in [-0.2, 0) is 12.2 Å². The number of rotatable bonds is 10. The Balaban J connectivity index is 1.64. The van der Waals surface area contributed by atoms with Gasteiger partial charge in [-0.1, -0.05) is 24.3 Å². The molecule has 0 atom stereocenters. The monoisotopic (exact) mass is 372 g/mol. The summed E-state index contributed by atoms with van der Waals surface area (Å²) < 4.78 is 11.8. The van der Waals surface area contributed by atoms with Gasteiger partial charge in [0.05, 0.1) is 6.61 Å². The smallest absolute Gasteiger partial charge is 0.120 e. The van der Waals surface area contributed by atoms with Crippen LogP contribution in [0.1, 0.15) is 51.2 Å². The Bertz CT molecular complexity index is 644. The van der Waals surface area contributed by atoms with Gasteiger partial charge in [-0.25, -0.2) is 0 Å². The number of unbranched alkanes of at least 4 members (excludes halogenated alkanes) is 2. The van der Waals surface area contributed by atoms with Crippen LogP contribution in [0.5, 0.6) is 11.5 Å². The van der Waals surface area contributed by atoms with Gasteiger partial charge in [-0.15, -0.1) is 0 Å². The zero-order valence-electron chi connectivity index (χ0n) is 16.6. The van der Waals surface area contributed by atoms with Crippen molar-refractivity contribution in [3.63, 3.8) is 0 Å². The molecule has 0 aliphatic rings. The van der Waals surface area contributed by atoms with Crippen LogP contribution in [0, 0.1) is 0 Å². The Morgan fingerprint density at radius 1 is 0.846 bits per heavy atom. The van der Waals surface area contributed by atoms with Gasteiger partial charge in [-0.05, 0) is 88.1 Å². The van der Waals surface area contributed by atoms with E-state index in [1.807, 2.05) is 17.8 Å². The van der Waals surface area contributed by atoms with Crippen LogP contribution in [0.25, 0.3) is 0 Å². The van der Waals surface area contributed by atoms with Gasteiger partial charge in [0, 0.05) is 5.75 Å². The molecule has 0 aliphatic heterocycles. The van der Waals surface area contributed by atoms with Crippen LogP contribution >= 0.6 is 11.8 Å². The third kappa shape index (κ3) is 8.18. The summed E-state index contributed by atoms with van der Waals surface area (Å²) in [5.41, 5.74) is 2.54. The number of hydrogen-bond acceptors (Lipinski definition) is 3. The van der Waals surface area contributed by atoms with Crippen molar-refractivity contribution < 1.29 is 9.47 Å². The zero-order chi connectivity index (χ0) is 18.8. The molecule has 0 aliphatic carbocycles. The molecule has 0 N–H and O–H groups in total. The lowest BCUT2D eigenvalue weighted by Crippen LogP contribution is -2.22. The third-order valence-electron chi connectivity index (χ3n) is 3.94. The summed E-state index contributed by atoms with van der Waals surface area (Å²) in [4.78, 5) is 0. The quantitative estimate of drug-likeness (QED) is 0.442. The molecule has 2 rings (SSSR count). The molecule has 2 nitrogen and oxygen atoms in total. The maximum atomic E-state index is 5.94. The van der Waals surface area contributed by atoms with Crippen molar-refractivity contribution in [3.8, 4) is 11.5 Å². The summed E-state index contributed by atoms with van der Waals surface area (Å²) in [7, 11) is 0. The molecule has 26 heavy (non-hydrogen) atoms. The number of ether oxygens (including phenoxy) is 2. The standard InChI is InChI=1S/C23H32O2S/c1-23(2,3)25-22-11-8-10-19(17-22)9-6-5-7-16-24-21-14-12-20(13-15-21)18-26-4/h8,10-15,17H,5-7,9,16,18H2,1-4H3. The van der Waals surface area contributed by atoms with Crippen LogP contribution in [0.3, 0.4) is 0 Å². The van der Waals surface area contributed by atoms with E-state index in [1.165, 1.54) is 24.0 Å². The van der Waals surface area contributed by atoms with Crippen molar-refractivity contribution in [2.45, 2.75) is 57.8 Å². The van der Waals surface area contributed by atoms with Gasteiger partial charge in [0.2, 0.25) is 0 Å². The molecule has 0 aromatic heterocycles. The van der Waals surface area contributed by atoms with E-state index in [0.717, 1.165) is 36.7 Å². The first-order valence-electron chi connectivity index (χ1n) is 9.45. The second kappa shape index (κ2) is 10.5. The van der Waals surface area contributed by atoms with Crippen molar-refractivity contribution in [1.29, 1.82) is 0 Å². The lowest BCUT2D eigenvalue weighted by Gasteiger charge is -2.21. The normalized spacial score (nSPS) is 11.4. The van der Waals surface area contributed by atoms with E-state index in [0.29, 0.717) is 0 Å². The average molecular weight is 373 g/mol. The highest BCUT2D eigenvalue weighted by atomic mass is 32.2. The van der Waals surface area contributed by atoms with Crippen LogP contribution in [0.4, 0.5) is 0 Å². The summed E-state index contributed by atoms with van der Waals surface area (Å²) in [5, 5.41) is 0. The van der Waals surface area contributed by atoms with Crippen LogP contribution in [-0.4, -0.2) is 18.5 Å². The molecule has 0 amide bonds. The number of benzene rings is 2. The summed E-state index contributed by atoms with van der Waals surface area (Å²) in [6.45, 7) is 7.02. The number of hydrogen-bond donors (Lipinski definition) is 0. The summed E-state index contributed by atoms with van der Waals surface area (Å²) in [6, 6.07) is 16.9. The van der Waals surface area contributed by atoms with Gasteiger partial charge in [0.25, 0.3) is 0 Å². The van der Waals surface area contributed by atoms with E-state index in [9.17, 15) is 0 Å². The highest BCUT2D eigenvalue weighted by molar-refractivity contribution is 7.97. The maximum absolute atomic E-state index is 5.94. The van der Waals surface area contributed by atoms with E-state index in [4.69, 9.17) is 9.47 Å². The summed E-state index contributed by atoms with van der Waals surface area (Å²) in [5.74, 6) is 2.99. The number of aryl methyl sites for hydroxylation is 1. The van der Waals surface area contributed by atoms with Gasteiger partial charge >= 0.3 is 0 Å². The Labute approximate surface area is 163 Å². The molecule has 0 unspecified atom stereocenters. The molecular formula is C23H32O2S. The van der Waals surface area contributed by atoms with Gasteiger partial charge in [0.15, 0.2) is 0 Å². The minimum Gasteiger partial charge on any atom is -0.494 e. The van der Waals surface area contributed by atoms with Crippen LogP contribution in [0.15, 0.2) is 48.5 Å². The first-order chi connectivity index (χ1) is 12.5. The molecule has 0 heterocycles. The second-order valence-corrected chi connectivity index (χ2v) is 8.46. The Morgan fingerprint density at radius 3 is 2.31 bits per heavy atom. The summed E-state index contributed by atoms with van der Waals surface area (Å²) in [6.07, 6.45) is 6.65. The highest BCUT2D eigenvalue weighted by Gasteiger charge is 2.11. The van der Waals surface area contributed by atoms with Gasteiger partial charge in [0.1, 0.15) is 17.1 Å². The molecule has 0 spiro atoms. The molecule has 0 saturated carbocycles. The minimum atomic E-state index is -0.149. The van der Waals surface area contributed by atoms with E-state index in [-0.39, 0.29) is 5.60 Å². The van der Waals surface area contributed by atoms with Crippen molar-refractivity contribution in [2.24, 2.45) is 0 Å². The molecular weight excluding hydrogens is 340 g/mol. The lowest BCUT2D eigenvalue weighted by molar-refractivity contribution is 0.131. The predicted octanol–water partition coefficient (Wildman–Crippen LogP) is 6.52. The van der Waals surface area contributed by atoms with E-state index in [1.54, 1.807) is 0 Å².